The van der Waals surface area contributed by atoms with Crippen LogP contribution in [0, 0.1) is 0 Å². The monoisotopic (exact) mass is 273 g/mol. The third-order valence-corrected chi connectivity index (χ3v) is 3.11. The van der Waals surface area contributed by atoms with Gasteiger partial charge in [-0.15, -0.1) is 0 Å². The summed E-state index contributed by atoms with van der Waals surface area (Å²) in [5, 5.41) is 0. The summed E-state index contributed by atoms with van der Waals surface area (Å²) in [6.07, 6.45) is 1.06. The highest BCUT2D eigenvalue weighted by Gasteiger charge is 2.09. The van der Waals surface area contributed by atoms with Gasteiger partial charge >= 0.3 is 0 Å². The molecule has 1 aromatic carbocycles. The smallest absolute Gasteiger partial charge is 0.225 e. The average molecular weight is 273 g/mol. The molecule has 1 atom stereocenters. The average Bonchev–Trinajstić information content (AvgIpc) is 2.38. The third kappa shape index (κ3) is 3.89. The Balaban J connectivity index is 1.98. The number of hydrogen-bond donors (Lipinski definition) is 3. The maximum absolute atomic E-state index is 5.57. The van der Waals surface area contributed by atoms with Gasteiger partial charge in [-0.1, -0.05) is 31.2 Å². The van der Waals surface area contributed by atoms with Crippen LogP contribution in [0.1, 0.15) is 23.9 Å². The molecule has 0 aliphatic heterocycles. The molecule has 106 valence electrons. The van der Waals surface area contributed by atoms with Gasteiger partial charge in [-0.3, -0.25) is 0 Å². The van der Waals surface area contributed by atoms with Crippen LogP contribution in [0.4, 0.5) is 11.9 Å². The summed E-state index contributed by atoms with van der Waals surface area (Å²) >= 11 is 0. The molecule has 0 saturated carbocycles. The van der Waals surface area contributed by atoms with E-state index in [1.54, 1.807) is 0 Å². The number of aryl methyl sites for hydroxylation is 1. The van der Waals surface area contributed by atoms with Crippen LogP contribution in [0.3, 0.4) is 0 Å². The first-order chi connectivity index (χ1) is 9.56. The maximum atomic E-state index is 5.57. The van der Waals surface area contributed by atoms with Crippen molar-refractivity contribution in [1.82, 2.24) is 15.0 Å². The molecule has 0 radical (unpaired) electrons. The Hall–Kier alpha value is -2.21. The number of nitrogen functional groups attached to an aromatic ring is 2. The van der Waals surface area contributed by atoms with E-state index < -0.39 is 0 Å². The zero-order valence-corrected chi connectivity index (χ0v) is 11.9. The standard InChI is InChI=1S/C14H20N6/c1-3-10-4-6-11(7-5-10)8-20(2)9-12-17-13(15)19-14(16)18-12/h4-7H,3,8-9H2,1-2H3,(H4,15,16,17,18,19)/p+1. The molecule has 5 N–H and O–H groups in total. The molecule has 0 saturated heterocycles. The number of nitrogens with two attached hydrogens (primary N) is 2. The highest BCUT2D eigenvalue weighted by Crippen LogP contribution is 2.04. The van der Waals surface area contributed by atoms with Gasteiger partial charge in [-0.25, -0.2) is 0 Å². The van der Waals surface area contributed by atoms with Crippen molar-refractivity contribution in [2.75, 3.05) is 18.5 Å². The normalized spacial score (nSPS) is 12.3. The van der Waals surface area contributed by atoms with Crippen LogP contribution >= 0.6 is 0 Å². The van der Waals surface area contributed by atoms with E-state index >= 15 is 0 Å². The molecule has 6 nitrogen and oxygen atoms in total. The van der Waals surface area contributed by atoms with Crippen molar-refractivity contribution in [3.05, 3.63) is 41.2 Å². The number of quaternary nitrogens is 1. The molecular formula is C14H21N6+. The zero-order chi connectivity index (χ0) is 14.5. The molecule has 1 unspecified atom stereocenters. The summed E-state index contributed by atoms with van der Waals surface area (Å²) in [5.74, 6) is 0.970. The lowest BCUT2D eigenvalue weighted by Crippen LogP contribution is -3.06. The van der Waals surface area contributed by atoms with Gasteiger partial charge in [-0.2, -0.15) is 15.0 Å². The van der Waals surface area contributed by atoms with Crippen molar-refractivity contribution in [2.24, 2.45) is 0 Å². The lowest BCUT2D eigenvalue weighted by atomic mass is 10.1. The molecule has 0 aliphatic rings. The first-order valence-corrected chi connectivity index (χ1v) is 6.72. The van der Waals surface area contributed by atoms with Gasteiger partial charge in [0.1, 0.15) is 13.1 Å². The quantitative estimate of drug-likeness (QED) is 0.702. The number of nitrogens with zero attached hydrogens (tertiary/aromatic N) is 3. The molecule has 2 aromatic rings. The second kappa shape index (κ2) is 6.29. The summed E-state index contributed by atoms with van der Waals surface area (Å²) in [5.41, 5.74) is 13.8. The van der Waals surface area contributed by atoms with Crippen molar-refractivity contribution >= 4 is 11.9 Å². The first kappa shape index (κ1) is 14.2. The molecular weight excluding hydrogens is 252 g/mol. The van der Waals surface area contributed by atoms with Crippen LogP contribution < -0.4 is 16.4 Å². The summed E-state index contributed by atoms with van der Waals surface area (Å²) < 4.78 is 0. The third-order valence-electron chi connectivity index (χ3n) is 3.11. The van der Waals surface area contributed by atoms with Gasteiger partial charge in [0.15, 0.2) is 5.82 Å². The zero-order valence-electron chi connectivity index (χ0n) is 11.9. The summed E-state index contributed by atoms with van der Waals surface area (Å²) in [6.45, 7) is 3.71. The molecule has 1 aromatic heterocycles. The lowest BCUT2D eigenvalue weighted by molar-refractivity contribution is -0.908. The van der Waals surface area contributed by atoms with Crippen LogP contribution in [-0.2, 0) is 19.5 Å². The van der Waals surface area contributed by atoms with Crippen LogP contribution in [0.15, 0.2) is 24.3 Å². The summed E-state index contributed by atoms with van der Waals surface area (Å²) in [7, 11) is 2.09. The molecule has 6 heteroatoms. The summed E-state index contributed by atoms with van der Waals surface area (Å²) in [4.78, 5) is 13.2. The number of rotatable bonds is 5. The van der Waals surface area contributed by atoms with Crippen LogP contribution in [0.2, 0.25) is 0 Å². The Kier molecular flexibility index (Phi) is 4.47. The van der Waals surface area contributed by atoms with Crippen molar-refractivity contribution in [3.8, 4) is 0 Å². The lowest BCUT2D eigenvalue weighted by Gasteiger charge is -2.13. The fraction of sp³-hybridized carbons (Fsp3) is 0.357. The van der Waals surface area contributed by atoms with Crippen molar-refractivity contribution in [2.45, 2.75) is 26.4 Å². The minimum Gasteiger partial charge on any atom is -0.368 e. The fourth-order valence-corrected chi connectivity index (χ4v) is 2.11. The van der Waals surface area contributed by atoms with E-state index in [4.69, 9.17) is 11.5 Å². The Morgan fingerprint density at radius 2 is 1.45 bits per heavy atom. The summed E-state index contributed by atoms with van der Waals surface area (Å²) in [6, 6.07) is 8.67. The van der Waals surface area contributed by atoms with Crippen LogP contribution in [-0.4, -0.2) is 22.0 Å². The van der Waals surface area contributed by atoms with E-state index in [-0.39, 0.29) is 11.9 Å². The Morgan fingerprint density at radius 1 is 0.900 bits per heavy atom. The Bertz CT molecular complexity index is 546. The molecule has 0 bridgehead atoms. The number of hydrogen-bond acceptors (Lipinski definition) is 5. The van der Waals surface area contributed by atoms with Gasteiger partial charge in [-0.05, 0) is 12.0 Å². The number of anilines is 2. The van der Waals surface area contributed by atoms with E-state index in [0.29, 0.717) is 12.4 Å². The molecule has 0 aliphatic carbocycles. The molecule has 20 heavy (non-hydrogen) atoms. The number of aromatic nitrogens is 3. The van der Waals surface area contributed by atoms with Crippen LogP contribution in [0.5, 0.6) is 0 Å². The van der Waals surface area contributed by atoms with E-state index in [1.165, 1.54) is 16.0 Å². The van der Waals surface area contributed by atoms with E-state index in [1.807, 2.05) is 0 Å². The van der Waals surface area contributed by atoms with Gasteiger partial charge < -0.3 is 16.4 Å². The second-order valence-electron chi connectivity index (χ2n) is 4.95. The predicted molar refractivity (Wildman–Crippen MR) is 78.8 cm³/mol. The van der Waals surface area contributed by atoms with Crippen LogP contribution in [0.25, 0.3) is 0 Å². The molecule has 0 fully saturated rings. The molecule has 0 amide bonds. The predicted octanol–water partition coefficient (Wildman–Crippen LogP) is -0.187. The largest absolute Gasteiger partial charge is 0.368 e. The van der Waals surface area contributed by atoms with E-state index in [9.17, 15) is 0 Å². The van der Waals surface area contributed by atoms with Crippen molar-refractivity contribution < 1.29 is 4.90 Å². The van der Waals surface area contributed by atoms with E-state index in [2.05, 4.69) is 53.2 Å². The number of nitrogens with one attached hydrogen (secondary N) is 1. The molecule has 0 spiro atoms. The Morgan fingerprint density at radius 3 is 2.00 bits per heavy atom. The van der Waals surface area contributed by atoms with E-state index in [0.717, 1.165) is 13.0 Å². The van der Waals surface area contributed by atoms with Crippen molar-refractivity contribution in [3.63, 3.8) is 0 Å². The second-order valence-corrected chi connectivity index (χ2v) is 4.95. The van der Waals surface area contributed by atoms with Gasteiger partial charge in [0, 0.05) is 5.56 Å². The SMILES string of the molecule is CCc1ccc(C[NH+](C)Cc2nc(N)nc(N)n2)cc1. The minimum atomic E-state index is 0.174. The minimum absolute atomic E-state index is 0.174. The van der Waals surface area contributed by atoms with Gasteiger partial charge in [0.25, 0.3) is 0 Å². The van der Waals surface area contributed by atoms with Gasteiger partial charge in [0.05, 0.1) is 7.05 Å². The Labute approximate surface area is 118 Å². The highest BCUT2D eigenvalue weighted by molar-refractivity contribution is 5.25. The molecule has 2 rings (SSSR count). The topological polar surface area (TPSA) is 95.2 Å². The van der Waals surface area contributed by atoms with Crippen molar-refractivity contribution in [1.29, 1.82) is 0 Å². The molecule has 1 heterocycles. The first-order valence-electron chi connectivity index (χ1n) is 6.72. The highest BCUT2D eigenvalue weighted by atomic mass is 15.2. The maximum Gasteiger partial charge on any atom is 0.225 e. The number of benzene rings is 1. The van der Waals surface area contributed by atoms with Gasteiger partial charge in [0.2, 0.25) is 11.9 Å². The fourth-order valence-electron chi connectivity index (χ4n) is 2.11.